The molecule has 8 heteroatoms. The second-order valence-electron chi connectivity index (χ2n) is 7.53. The van der Waals surface area contributed by atoms with Crippen molar-refractivity contribution >= 4 is 11.9 Å². The van der Waals surface area contributed by atoms with Crippen molar-refractivity contribution in [1.82, 2.24) is 29.3 Å². The number of hydrogen-bond acceptors (Lipinski definition) is 6. The highest BCUT2D eigenvalue weighted by Crippen LogP contribution is 2.27. The van der Waals surface area contributed by atoms with Crippen molar-refractivity contribution in [2.24, 2.45) is 0 Å². The first kappa shape index (κ1) is 20.3. The number of hydrogen-bond donors (Lipinski definition) is 1. The Morgan fingerprint density at radius 3 is 2.57 bits per heavy atom. The van der Waals surface area contributed by atoms with E-state index in [2.05, 4.69) is 50.0 Å². The van der Waals surface area contributed by atoms with Gasteiger partial charge in [-0.3, -0.25) is 4.79 Å². The lowest BCUT2D eigenvalue weighted by Crippen LogP contribution is -2.38. The Hall–Kier alpha value is -2.48. The standard InChI is InChI=1S/C20H31N7O/c1-4-21-20-23-14-17(15-24-20)19(28)27-11-6-16(7-12-27)18-22-8-13-26(18)10-5-9-25(2)3/h8,13-16H,4-7,9-12H2,1-3H3,(H,21,23,24). The van der Waals surface area contributed by atoms with Gasteiger partial charge in [0.2, 0.25) is 5.95 Å². The van der Waals surface area contributed by atoms with Gasteiger partial charge in [-0.05, 0) is 46.8 Å². The Morgan fingerprint density at radius 2 is 1.93 bits per heavy atom. The Kier molecular flexibility index (Phi) is 6.97. The predicted octanol–water partition coefficient (Wildman–Crippen LogP) is 2.08. The van der Waals surface area contributed by atoms with E-state index in [1.54, 1.807) is 12.4 Å². The molecule has 0 radical (unpaired) electrons. The number of aryl methyl sites for hydroxylation is 1. The molecule has 0 spiro atoms. The molecule has 2 aromatic rings. The number of carbonyl (C=O) groups excluding carboxylic acids is 1. The summed E-state index contributed by atoms with van der Waals surface area (Å²) in [6.45, 7) is 6.28. The minimum atomic E-state index is 0.0100. The smallest absolute Gasteiger partial charge is 0.256 e. The molecule has 0 aliphatic carbocycles. The van der Waals surface area contributed by atoms with Gasteiger partial charge in [-0.2, -0.15) is 0 Å². The lowest BCUT2D eigenvalue weighted by Gasteiger charge is -2.32. The maximum Gasteiger partial charge on any atom is 0.256 e. The summed E-state index contributed by atoms with van der Waals surface area (Å²) in [5.74, 6) is 2.13. The average molecular weight is 386 g/mol. The fourth-order valence-corrected chi connectivity index (χ4v) is 3.64. The predicted molar refractivity (Wildman–Crippen MR) is 109 cm³/mol. The average Bonchev–Trinajstić information content (AvgIpc) is 3.17. The number of likely N-dealkylation sites (tertiary alicyclic amines) is 1. The van der Waals surface area contributed by atoms with E-state index in [0.717, 1.165) is 57.8 Å². The second kappa shape index (κ2) is 9.64. The summed E-state index contributed by atoms with van der Waals surface area (Å²) in [5.41, 5.74) is 0.547. The van der Waals surface area contributed by atoms with Crippen molar-refractivity contribution in [2.75, 3.05) is 45.6 Å². The fraction of sp³-hybridized carbons (Fsp3) is 0.600. The molecule has 2 aromatic heterocycles. The van der Waals surface area contributed by atoms with Gasteiger partial charge in [0, 0.05) is 56.9 Å². The zero-order valence-corrected chi connectivity index (χ0v) is 17.1. The van der Waals surface area contributed by atoms with Gasteiger partial charge in [0.15, 0.2) is 0 Å². The summed E-state index contributed by atoms with van der Waals surface area (Å²) in [6.07, 6.45) is 10.2. The van der Waals surface area contributed by atoms with E-state index in [4.69, 9.17) is 0 Å². The molecule has 1 saturated heterocycles. The van der Waals surface area contributed by atoms with Crippen LogP contribution in [0.3, 0.4) is 0 Å². The first-order valence-electron chi connectivity index (χ1n) is 10.1. The molecular weight excluding hydrogens is 354 g/mol. The van der Waals surface area contributed by atoms with Crippen molar-refractivity contribution in [1.29, 1.82) is 0 Å². The molecule has 3 heterocycles. The minimum absolute atomic E-state index is 0.0100. The van der Waals surface area contributed by atoms with Crippen LogP contribution in [0.2, 0.25) is 0 Å². The van der Waals surface area contributed by atoms with Crippen molar-refractivity contribution in [3.8, 4) is 0 Å². The van der Waals surface area contributed by atoms with Crippen LogP contribution in [0.4, 0.5) is 5.95 Å². The zero-order valence-electron chi connectivity index (χ0n) is 17.1. The molecule has 28 heavy (non-hydrogen) atoms. The Balaban J connectivity index is 1.54. The molecule has 1 amide bonds. The van der Waals surface area contributed by atoms with Crippen molar-refractivity contribution in [3.05, 3.63) is 36.2 Å². The van der Waals surface area contributed by atoms with Gasteiger partial charge >= 0.3 is 0 Å². The molecule has 3 rings (SSSR count). The number of piperidine rings is 1. The number of nitrogens with one attached hydrogen (secondary N) is 1. The summed E-state index contributed by atoms with van der Waals surface area (Å²) in [5, 5.41) is 3.04. The molecule has 0 atom stereocenters. The van der Waals surface area contributed by atoms with E-state index < -0.39 is 0 Å². The van der Waals surface area contributed by atoms with Crippen LogP contribution in [-0.4, -0.2) is 75.5 Å². The maximum absolute atomic E-state index is 12.7. The molecule has 0 bridgehead atoms. The van der Waals surface area contributed by atoms with Crippen LogP contribution in [0.5, 0.6) is 0 Å². The number of anilines is 1. The van der Waals surface area contributed by atoms with Crippen LogP contribution in [0.25, 0.3) is 0 Å². The lowest BCUT2D eigenvalue weighted by atomic mass is 9.95. The van der Waals surface area contributed by atoms with Gasteiger partial charge in [0.25, 0.3) is 5.91 Å². The van der Waals surface area contributed by atoms with E-state index in [1.807, 2.05) is 18.0 Å². The zero-order chi connectivity index (χ0) is 19.9. The Bertz CT molecular complexity index is 748. The normalized spacial score (nSPS) is 15.2. The lowest BCUT2D eigenvalue weighted by molar-refractivity contribution is 0.0709. The molecule has 1 N–H and O–H groups in total. The number of rotatable bonds is 8. The van der Waals surface area contributed by atoms with Gasteiger partial charge in [-0.15, -0.1) is 0 Å². The summed E-state index contributed by atoms with van der Waals surface area (Å²) < 4.78 is 2.28. The highest BCUT2D eigenvalue weighted by molar-refractivity contribution is 5.93. The number of imidazole rings is 1. The third-order valence-electron chi connectivity index (χ3n) is 5.13. The molecule has 152 valence electrons. The SMILES string of the molecule is CCNc1ncc(C(=O)N2CCC(c3nccn3CCCN(C)C)CC2)cn1. The highest BCUT2D eigenvalue weighted by Gasteiger charge is 2.27. The third-order valence-corrected chi connectivity index (χ3v) is 5.13. The van der Waals surface area contributed by atoms with Crippen molar-refractivity contribution in [3.63, 3.8) is 0 Å². The summed E-state index contributed by atoms with van der Waals surface area (Å²) in [6, 6.07) is 0. The number of nitrogens with zero attached hydrogens (tertiary/aromatic N) is 6. The van der Waals surface area contributed by atoms with Crippen molar-refractivity contribution in [2.45, 2.75) is 38.6 Å². The van der Waals surface area contributed by atoms with E-state index in [0.29, 0.717) is 17.4 Å². The van der Waals surface area contributed by atoms with Gasteiger partial charge in [-0.25, -0.2) is 15.0 Å². The first-order valence-corrected chi connectivity index (χ1v) is 10.1. The molecular formula is C20H31N7O. The fourth-order valence-electron chi connectivity index (χ4n) is 3.64. The monoisotopic (exact) mass is 385 g/mol. The molecule has 0 aromatic carbocycles. The molecule has 1 aliphatic heterocycles. The Morgan fingerprint density at radius 1 is 1.21 bits per heavy atom. The van der Waals surface area contributed by atoms with Crippen LogP contribution in [0.1, 0.15) is 48.3 Å². The number of aromatic nitrogens is 4. The van der Waals surface area contributed by atoms with E-state index in [9.17, 15) is 4.79 Å². The van der Waals surface area contributed by atoms with Crippen LogP contribution in [0, 0.1) is 0 Å². The van der Waals surface area contributed by atoms with Gasteiger partial charge < -0.3 is 19.7 Å². The third kappa shape index (κ3) is 5.07. The Labute approximate surface area is 167 Å². The van der Waals surface area contributed by atoms with Crippen LogP contribution < -0.4 is 5.32 Å². The number of amides is 1. The summed E-state index contributed by atoms with van der Waals surface area (Å²) >= 11 is 0. The maximum atomic E-state index is 12.7. The molecule has 8 nitrogen and oxygen atoms in total. The topological polar surface area (TPSA) is 79.2 Å². The highest BCUT2D eigenvalue weighted by atomic mass is 16.2. The molecule has 0 saturated carbocycles. The largest absolute Gasteiger partial charge is 0.355 e. The summed E-state index contributed by atoms with van der Waals surface area (Å²) in [7, 11) is 4.20. The van der Waals surface area contributed by atoms with Crippen LogP contribution in [-0.2, 0) is 6.54 Å². The summed E-state index contributed by atoms with van der Waals surface area (Å²) in [4.78, 5) is 29.9. The van der Waals surface area contributed by atoms with Gasteiger partial charge in [0.05, 0.1) is 5.56 Å². The first-order chi connectivity index (χ1) is 13.6. The van der Waals surface area contributed by atoms with Crippen molar-refractivity contribution < 1.29 is 4.79 Å². The minimum Gasteiger partial charge on any atom is -0.355 e. The molecule has 0 unspecified atom stereocenters. The van der Waals surface area contributed by atoms with Gasteiger partial charge in [0.1, 0.15) is 5.82 Å². The quantitative estimate of drug-likeness (QED) is 0.749. The molecule has 1 aliphatic rings. The second-order valence-corrected chi connectivity index (χ2v) is 7.53. The van der Waals surface area contributed by atoms with E-state index in [1.165, 1.54) is 0 Å². The molecule has 1 fully saturated rings. The van der Waals surface area contributed by atoms with E-state index >= 15 is 0 Å². The van der Waals surface area contributed by atoms with E-state index in [-0.39, 0.29) is 5.91 Å². The van der Waals surface area contributed by atoms with Gasteiger partial charge in [-0.1, -0.05) is 0 Å². The van der Waals surface area contributed by atoms with Crippen LogP contribution >= 0.6 is 0 Å². The van der Waals surface area contributed by atoms with Crippen LogP contribution in [0.15, 0.2) is 24.8 Å². The number of carbonyl (C=O) groups is 1.